The molecule has 5 heteroatoms. The second-order valence-corrected chi connectivity index (χ2v) is 0.878. The predicted molar refractivity (Wildman–Crippen MR) is 18.8 cm³/mol. The van der Waals surface area contributed by atoms with Crippen molar-refractivity contribution in [3.8, 4) is 0 Å². The summed E-state index contributed by atoms with van der Waals surface area (Å²) >= 11 is 0. The van der Waals surface area contributed by atoms with Crippen LogP contribution in [0.1, 0.15) is 0 Å². The van der Waals surface area contributed by atoms with Crippen LogP contribution in [0.4, 0.5) is 4.79 Å². The number of carbonyl (C=O) groups is 1. The van der Waals surface area contributed by atoms with Crippen molar-refractivity contribution in [1.29, 1.82) is 0 Å². The van der Waals surface area contributed by atoms with Gasteiger partial charge in [-0.1, -0.05) is 0 Å². The quantitative estimate of drug-likeness (QED) is 0.266. The van der Waals surface area contributed by atoms with Gasteiger partial charge in [0.15, 0.2) is 0 Å². The van der Waals surface area contributed by atoms with Crippen LogP contribution >= 0.6 is 0 Å². The molecule has 1 aliphatic rings. The minimum absolute atomic E-state index is 0. The topological polar surface area (TPSA) is 72.9 Å². The number of epoxide rings is 1. The van der Waals surface area contributed by atoms with E-state index >= 15 is 0 Å². The Labute approximate surface area is 68.7 Å². The zero-order valence-corrected chi connectivity index (χ0v) is 6.59. The van der Waals surface area contributed by atoms with Crippen molar-refractivity contribution in [2.45, 2.75) is 0 Å². The summed E-state index contributed by atoms with van der Waals surface area (Å²) in [6, 6.07) is 0. The Bertz CT molecular complexity index is 55.5. The van der Waals surface area contributed by atoms with Crippen molar-refractivity contribution in [2.24, 2.45) is 0 Å². The first-order valence-corrected chi connectivity index (χ1v) is 1.71. The van der Waals surface area contributed by atoms with Crippen LogP contribution in [0.15, 0.2) is 0 Å². The summed E-state index contributed by atoms with van der Waals surface area (Å²) in [6.45, 7) is 2.00. The van der Waals surface area contributed by atoms with Gasteiger partial charge in [-0.15, -0.1) is 0 Å². The number of ether oxygens (including phenoxy) is 1. The van der Waals surface area contributed by atoms with Crippen LogP contribution in [0, 0.1) is 0 Å². The van der Waals surface area contributed by atoms with E-state index < -0.39 is 6.16 Å². The van der Waals surface area contributed by atoms with Gasteiger partial charge in [0.05, 0.1) is 13.2 Å². The van der Waals surface area contributed by atoms with E-state index in [1.54, 1.807) is 0 Å². The third kappa shape index (κ3) is 113. The third-order valence-corrected chi connectivity index (χ3v) is 0.204. The second kappa shape index (κ2) is 7.23. The third-order valence-electron chi connectivity index (χ3n) is 0.204. The maximum absolute atomic E-state index is 8.44. The van der Waals surface area contributed by atoms with Gasteiger partial charge in [-0.3, -0.25) is 0 Å². The van der Waals surface area contributed by atoms with Crippen LogP contribution in [-0.4, -0.2) is 24.5 Å². The van der Waals surface area contributed by atoms with Gasteiger partial charge in [0.25, 0.3) is 0 Å². The Hall–Kier alpha value is 0.230. The summed E-state index contributed by atoms with van der Waals surface area (Å²) in [7, 11) is 0. The molecule has 42 valence electrons. The fraction of sp³-hybridized carbons (Fsp3) is 0.667. The van der Waals surface area contributed by atoms with Gasteiger partial charge in [0.2, 0.25) is 6.16 Å². The molecule has 0 spiro atoms. The largest absolute Gasteiger partial charge is 1.00 e. The molecule has 0 atom stereocenters. The second-order valence-electron chi connectivity index (χ2n) is 0.878. The van der Waals surface area contributed by atoms with Crippen LogP contribution in [0.3, 0.4) is 0 Å². The minimum atomic E-state index is -2.08. The van der Waals surface area contributed by atoms with Crippen LogP contribution in [0.5, 0.6) is 0 Å². The average Bonchev–Trinajstić information content (AvgIpc) is 2.02. The maximum Gasteiger partial charge on any atom is 1.00 e. The first-order chi connectivity index (χ1) is 3.23. The SMILES string of the molecule is C1CO1.O=C([O-])O.[Na+]. The molecule has 4 nitrogen and oxygen atoms in total. The zero-order chi connectivity index (χ0) is 5.70. The normalized spacial score (nSPS) is 12.0. The van der Waals surface area contributed by atoms with Gasteiger partial charge in [0.1, 0.15) is 0 Å². The molecule has 0 radical (unpaired) electrons. The maximum atomic E-state index is 8.44. The van der Waals surface area contributed by atoms with Gasteiger partial charge >= 0.3 is 29.6 Å². The molecule has 1 aliphatic heterocycles. The molecule has 1 rings (SSSR count). The summed E-state index contributed by atoms with van der Waals surface area (Å²) < 4.78 is 4.50. The summed E-state index contributed by atoms with van der Waals surface area (Å²) in [6.07, 6.45) is -2.08. The molecular formula is C3H5NaO4. The van der Waals surface area contributed by atoms with Gasteiger partial charge in [-0.05, 0) is 0 Å². The summed E-state index contributed by atoms with van der Waals surface area (Å²) in [5, 5.41) is 15.3. The van der Waals surface area contributed by atoms with E-state index in [4.69, 9.17) is 15.0 Å². The van der Waals surface area contributed by atoms with Crippen molar-refractivity contribution in [2.75, 3.05) is 13.2 Å². The summed E-state index contributed by atoms with van der Waals surface area (Å²) in [5.41, 5.74) is 0. The van der Waals surface area contributed by atoms with Crippen molar-refractivity contribution in [3.05, 3.63) is 0 Å². The molecule has 0 aromatic rings. The fourth-order valence-corrected chi connectivity index (χ4v) is 0. The monoisotopic (exact) mass is 128 g/mol. The van der Waals surface area contributed by atoms with E-state index in [1.807, 2.05) is 0 Å². The Balaban J connectivity index is 0. The van der Waals surface area contributed by atoms with Crippen molar-refractivity contribution < 1.29 is 49.3 Å². The Morgan fingerprint density at radius 3 is 1.75 bits per heavy atom. The Morgan fingerprint density at radius 2 is 1.75 bits per heavy atom. The van der Waals surface area contributed by atoms with E-state index in [9.17, 15) is 0 Å². The Morgan fingerprint density at radius 1 is 1.62 bits per heavy atom. The van der Waals surface area contributed by atoms with Crippen LogP contribution in [0.2, 0.25) is 0 Å². The van der Waals surface area contributed by atoms with Crippen LogP contribution in [-0.2, 0) is 4.74 Å². The number of rotatable bonds is 0. The molecule has 0 amide bonds. The molecule has 0 aliphatic carbocycles. The molecule has 0 saturated carbocycles. The number of carboxylic acid groups (broad SMARTS) is 2. The predicted octanol–water partition coefficient (Wildman–Crippen LogP) is -4.09. The molecule has 0 aromatic heterocycles. The van der Waals surface area contributed by atoms with E-state index in [2.05, 4.69) is 4.74 Å². The smallest absolute Gasteiger partial charge is 0.565 e. The van der Waals surface area contributed by atoms with Crippen molar-refractivity contribution in [1.82, 2.24) is 0 Å². The molecule has 1 fully saturated rings. The summed E-state index contributed by atoms with van der Waals surface area (Å²) in [4.78, 5) is 8.44. The van der Waals surface area contributed by atoms with E-state index in [-0.39, 0.29) is 29.6 Å². The molecule has 0 aromatic carbocycles. The van der Waals surface area contributed by atoms with Gasteiger partial charge in [-0.25, -0.2) is 0 Å². The molecule has 0 bridgehead atoms. The molecule has 1 N–H and O–H groups in total. The van der Waals surface area contributed by atoms with E-state index in [1.165, 1.54) is 0 Å². The van der Waals surface area contributed by atoms with Crippen molar-refractivity contribution in [3.63, 3.8) is 0 Å². The van der Waals surface area contributed by atoms with E-state index in [0.717, 1.165) is 13.2 Å². The first-order valence-electron chi connectivity index (χ1n) is 1.71. The molecule has 1 saturated heterocycles. The van der Waals surface area contributed by atoms with Gasteiger partial charge in [0, 0.05) is 0 Å². The Kier molecular flexibility index (Phi) is 10.0. The van der Waals surface area contributed by atoms with Crippen molar-refractivity contribution >= 4 is 6.16 Å². The fourth-order valence-electron chi connectivity index (χ4n) is 0. The van der Waals surface area contributed by atoms with Crippen LogP contribution < -0.4 is 34.7 Å². The van der Waals surface area contributed by atoms with Gasteiger partial charge in [-0.2, -0.15) is 0 Å². The minimum Gasteiger partial charge on any atom is -0.565 e. The molecular weight excluding hydrogens is 123 g/mol. The number of hydrogen-bond donors (Lipinski definition) is 1. The molecule has 1 heterocycles. The average molecular weight is 128 g/mol. The van der Waals surface area contributed by atoms with Gasteiger partial charge < -0.3 is 19.7 Å². The number of hydrogen-bond acceptors (Lipinski definition) is 3. The zero-order valence-electron chi connectivity index (χ0n) is 4.59. The van der Waals surface area contributed by atoms with Crippen LogP contribution in [0.25, 0.3) is 0 Å². The van der Waals surface area contributed by atoms with E-state index in [0.29, 0.717) is 0 Å². The molecule has 8 heavy (non-hydrogen) atoms. The molecule has 0 unspecified atom stereocenters. The standard InChI is InChI=1S/C2H4O.CH2O3.Na/c1-2-3-1;2-1(3)4;/h1-2H2;(H2,2,3,4);/q;;+1/p-1. The summed E-state index contributed by atoms with van der Waals surface area (Å²) in [5.74, 6) is 0. The first kappa shape index (κ1) is 11.1.